The van der Waals surface area contributed by atoms with Crippen molar-refractivity contribution in [3.05, 3.63) is 59.2 Å². The van der Waals surface area contributed by atoms with Crippen LogP contribution in [0, 0.1) is 17.6 Å². The summed E-state index contributed by atoms with van der Waals surface area (Å²) in [6.45, 7) is 2.81. The summed E-state index contributed by atoms with van der Waals surface area (Å²) in [6, 6.07) is 9.48. The molecule has 0 radical (unpaired) electrons. The molecule has 0 spiro atoms. The summed E-state index contributed by atoms with van der Waals surface area (Å²) in [6.07, 6.45) is 3.22. The number of benzene rings is 2. The van der Waals surface area contributed by atoms with Gasteiger partial charge in [0.25, 0.3) is 0 Å². The van der Waals surface area contributed by atoms with E-state index in [2.05, 4.69) is 10.2 Å². The van der Waals surface area contributed by atoms with E-state index in [9.17, 15) is 18.4 Å². The number of fused-ring (bicyclic) bond motifs is 1. The molecule has 2 aliphatic heterocycles. The van der Waals surface area contributed by atoms with E-state index in [0.717, 1.165) is 44.8 Å². The third-order valence-corrected chi connectivity index (χ3v) is 7.36. The number of amides is 2. The van der Waals surface area contributed by atoms with Crippen LogP contribution >= 0.6 is 0 Å². The molecule has 2 amide bonds. The number of hydrogen-bond donors (Lipinski definition) is 1. The average Bonchev–Trinajstić information content (AvgIpc) is 3.44. The zero-order valence-electron chi connectivity index (χ0n) is 18.6. The first kappa shape index (κ1) is 21.8. The van der Waals surface area contributed by atoms with Crippen molar-refractivity contribution in [2.45, 2.75) is 31.1 Å². The van der Waals surface area contributed by atoms with Gasteiger partial charge in [-0.05, 0) is 55.1 Å². The van der Waals surface area contributed by atoms with Gasteiger partial charge in [-0.1, -0.05) is 31.0 Å². The molecule has 3 aliphatic rings. The molecule has 2 fully saturated rings. The number of likely N-dealkylation sites (N-methyl/N-ethyl adjacent to an activating group) is 1. The van der Waals surface area contributed by atoms with E-state index >= 15 is 0 Å². The molecule has 5 rings (SSSR count). The number of nitrogens with one attached hydrogen (secondary N) is 1. The number of nitrogens with zero attached hydrogens (tertiary/aromatic N) is 2. The molecule has 2 aromatic rings. The fourth-order valence-corrected chi connectivity index (χ4v) is 5.56. The topological polar surface area (TPSA) is 61.9 Å². The summed E-state index contributed by atoms with van der Waals surface area (Å²) < 4.78 is 34.0. The lowest BCUT2D eigenvalue weighted by molar-refractivity contribution is -0.121. The number of halogens is 2. The molecule has 1 saturated carbocycles. The molecular formula is C25H27F2N3O3. The number of ether oxygens (including phenoxy) is 1. The van der Waals surface area contributed by atoms with Crippen molar-refractivity contribution in [1.29, 1.82) is 0 Å². The molecule has 1 N–H and O–H groups in total. The lowest BCUT2D eigenvalue weighted by Gasteiger charge is -2.34. The number of carbonyl (C=O) groups is 2. The van der Waals surface area contributed by atoms with Crippen molar-refractivity contribution < 1.29 is 23.1 Å². The highest BCUT2D eigenvalue weighted by atomic mass is 19.2. The summed E-state index contributed by atoms with van der Waals surface area (Å²) in [5, 5.41) is 2.62. The Labute approximate surface area is 191 Å². The molecule has 1 atom stereocenters. The van der Waals surface area contributed by atoms with Gasteiger partial charge in [-0.3, -0.25) is 4.79 Å². The largest absolute Gasteiger partial charge is 0.415 e. The molecule has 1 aliphatic carbocycles. The maximum absolute atomic E-state index is 14.6. The predicted octanol–water partition coefficient (Wildman–Crippen LogP) is 4.14. The van der Waals surface area contributed by atoms with Gasteiger partial charge < -0.3 is 19.9 Å². The van der Waals surface area contributed by atoms with Crippen LogP contribution in [-0.4, -0.2) is 55.0 Å². The van der Waals surface area contributed by atoms with Crippen molar-refractivity contribution in [2.24, 2.45) is 5.92 Å². The van der Waals surface area contributed by atoms with Crippen LogP contribution in [0.25, 0.3) is 0 Å². The van der Waals surface area contributed by atoms with E-state index in [4.69, 9.17) is 4.74 Å². The minimum atomic E-state index is -1.10. The summed E-state index contributed by atoms with van der Waals surface area (Å²) in [7, 11) is 2.01. The highest BCUT2D eigenvalue weighted by Gasteiger charge is 2.55. The Morgan fingerprint density at radius 1 is 1.03 bits per heavy atom. The average molecular weight is 456 g/mol. The Morgan fingerprint density at radius 3 is 2.36 bits per heavy atom. The molecule has 0 aromatic heterocycles. The Kier molecular flexibility index (Phi) is 5.56. The molecule has 174 valence electrons. The Balaban J connectivity index is 1.47. The first-order valence-electron chi connectivity index (χ1n) is 11.5. The molecule has 8 heteroatoms. The Hall–Kier alpha value is -3.00. The van der Waals surface area contributed by atoms with Crippen molar-refractivity contribution in [1.82, 2.24) is 9.80 Å². The quantitative estimate of drug-likeness (QED) is 0.756. The second-order valence-corrected chi connectivity index (χ2v) is 9.21. The zero-order chi connectivity index (χ0) is 23.2. The SMILES string of the molecule is CN1CCN(C(=O)Oc2ccc(C3(C4CCCC4)C(=O)Nc4c3ccc(F)c4F)cc2)CC1. The number of rotatable bonds is 3. The normalized spacial score (nSPS) is 23.5. The van der Waals surface area contributed by atoms with Crippen LogP contribution in [0.4, 0.5) is 19.3 Å². The van der Waals surface area contributed by atoms with Crippen molar-refractivity contribution in [3.8, 4) is 5.75 Å². The van der Waals surface area contributed by atoms with Crippen molar-refractivity contribution in [3.63, 3.8) is 0 Å². The lowest BCUT2D eigenvalue weighted by Crippen LogP contribution is -2.48. The summed E-state index contributed by atoms with van der Waals surface area (Å²) >= 11 is 0. The van der Waals surface area contributed by atoms with E-state index in [1.807, 2.05) is 7.05 Å². The van der Waals surface area contributed by atoms with Crippen molar-refractivity contribution in [2.75, 3.05) is 38.5 Å². The third-order valence-electron chi connectivity index (χ3n) is 7.36. The van der Waals surface area contributed by atoms with E-state index in [-0.39, 0.29) is 17.5 Å². The maximum atomic E-state index is 14.6. The predicted molar refractivity (Wildman–Crippen MR) is 119 cm³/mol. The van der Waals surface area contributed by atoms with E-state index < -0.39 is 23.1 Å². The lowest BCUT2D eigenvalue weighted by atomic mass is 9.65. The number of hydrogen-bond acceptors (Lipinski definition) is 4. The van der Waals surface area contributed by atoms with Gasteiger partial charge in [0, 0.05) is 26.2 Å². The highest BCUT2D eigenvalue weighted by molar-refractivity contribution is 6.09. The maximum Gasteiger partial charge on any atom is 0.415 e. The van der Waals surface area contributed by atoms with Crippen LogP contribution in [0.5, 0.6) is 5.75 Å². The minimum Gasteiger partial charge on any atom is -0.410 e. The fourth-order valence-electron chi connectivity index (χ4n) is 5.56. The Morgan fingerprint density at radius 2 is 1.70 bits per heavy atom. The van der Waals surface area contributed by atoms with Crippen molar-refractivity contribution >= 4 is 17.7 Å². The van der Waals surface area contributed by atoms with E-state index in [1.54, 1.807) is 29.2 Å². The number of carbonyl (C=O) groups excluding carboxylic acids is 2. The molecule has 1 saturated heterocycles. The van der Waals surface area contributed by atoms with Gasteiger partial charge in [-0.25, -0.2) is 13.6 Å². The van der Waals surface area contributed by atoms with E-state index in [1.165, 1.54) is 6.07 Å². The first-order valence-corrected chi connectivity index (χ1v) is 11.5. The minimum absolute atomic E-state index is 0.0256. The third kappa shape index (κ3) is 3.57. The first-order chi connectivity index (χ1) is 15.9. The van der Waals surface area contributed by atoms with Gasteiger partial charge in [0.2, 0.25) is 5.91 Å². The van der Waals surface area contributed by atoms with Crippen LogP contribution < -0.4 is 10.1 Å². The molecule has 0 bridgehead atoms. The van der Waals surface area contributed by atoms with Gasteiger partial charge in [0.1, 0.15) is 11.2 Å². The molecule has 33 heavy (non-hydrogen) atoms. The van der Waals surface area contributed by atoms with Crippen LogP contribution in [0.15, 0.2) is 36.4 Å². The Bertz CT molecular complexity index is 1080. The summed E-state index contributed by atoms with van der Waals surface area (Å²) in [4.78, 5) is 29.7. The zero-order valence-corrected chi connectivity index (χ0v) is 18.6. The van der Waals surface area contributed by atoms with Gasteiger partial charge in [0.05, 0.1) is 5.69 Å². The van der Waals surface area contributed by atoms with Gasteiger partial charge in [0.15, 0.2) is 11.6 Å². The van der Waals surface area contributed by atoms with Crippen LogP contribution in [0.1, 0.15) is 36.8 Å². The van der Waals surface area contributed by atoms with Gasteiger partial charge in [-0.15, -0.1) is 0 Å². The van der Waals surface area contributed by atoms with Gasteiger partial charge >= 0.3 is 6.09 Å². The second kappa shape index (κ2) is 8.41. The smallest absolute Gasteiger partial charge is 0.410 e. The summed E-state index contributed by atoms with van der Waals surface area (Å²) in [5.41, 5.74) is -0.00519. The van der Waals surface area contributed by atoms with Crippen LogP contribution in [0.2, 0.25) is 0 Å². The number of piperazine rings is 1. The molecule has 1 unspecified atom stereocenters. The second-order valence-electron chi connectivity index (χ2n) is 9.21. The highest BCUT2D eigenvalue weighted by Crippen LogP contribution is 2.53. The van der Waals surface area contributed by atoms with Crippen LogP contribution in [0.3, 0.4) is 0 Å². The monoisotopic (exact) mass is 455 g/mol. The van der Waals surface area contributed by atoms with E-state index in [0.29, 0.717) is 30.0 Å². The standard InChI is InChI=1S/C25H27F2N3O3/c1-29-12-14-30(15-13-29)24(32)33-18-8-6-17(7-9-18)25(16-4-2-3-5-16)19-10-11-20(26)21(27)22(19)28-23(25)31/h6-11,16H,2-5,12-15H2,1H3,(H,28,31). The van der Waals surface area contributed by atoms with Crippen LogP contribution in [-0.2, 0) is 10.2 Å². The molecular weight excluding hydrogens is 428 g/mol. The fraction of sp³-hybridized carbons (Fsp3) is 0.440. The van der Waals surface area contributed by atoms with Gasteiger partial charge in [-0.2, -0.15) is 0 Å². The molecule has 6 nitrogen and oxygen atoms in total. The summed E-state index contributed by atoms with van der Waals surface area (Å²) in [5.74, 6) is -1.99. The molecule has 2 aromatic carbocycles. The molecule has 2 heterocycles. The number of anilines is 1.